The van der Waals surface area contributed by atoms with Crippen LogP contribution in [-0.2, 0) is 0 Å². The number of aromatic nitrogens is 2. The number of para-hydroxylation sites is 1. The van der Waals surface area contributed by atoms with Crippen LogP contribution in [0.25, 0.3) is 0 Å². The van der Waals surface area contributed by atoms with Crippen molar-refractivity contribution < 1.29 is 9.47 Å². The summed E-state index contributed by atoms with van der Waals surface area (Å²) in [5.74, 6) is 1.17. The van der Waals surface area contributed by atoms with E-state index < -0.39 is 0 Å². The van der Waals surface area contributed by atoms with Gasteiger partial charge in [-0.15, -0.1) is 0 Å². The Kier molecular flexibility index (Phi) is 4.16. The molecule has 6 heteroatoms. The Bertz CT molecular complexity index is 537. The molecule has 88 valence electrons. The molecule has 2 aromatic rings. The van der Waals surface area contributed by atoms with E-state index in [4.69, 9.17) is 9.47 Å². The van der Waals surface area contributed by atoms with Gasteiger partial charge in [-0.25, -0.2) is 4.98 Å². The van der Waals surface area contributed by atoms with E-state index in [-0.39, 0.29) is 6.01 Å². The number of methoxy groups -OCH3 is 1. The van der Waals surface area contributed by atoms with Gasteiger partial charge < -0.3 is 9.47 Å². The fourth-order valence-electron chi connectivity index (χ4n) is 1.15. The van der Waals surface area contributed by atoms with Crippen LogP contribution < -0.4 is 9.47 Å². The Morgan fingerprint density at radius 3 is 2.76 bits per heavy atom. The second-order valence-electron chi connectivity index (χ2n) is 3.04. The molecular weight excluding hydrogens is 399 g/mol. The minimum atomic E-state index is 0.258. The van der Waals surface area contributed by atoms with Gasteiger partial charge in [-0.05, 0) is 50.7 Å². The monoisotopic (exact) mass is 406 g/mol. The Morgan fingerprint density at radius 2 is 2.06 bits per heavy atom. The molecule has 1 aromatic heterocycles. The predicted molar refractivity (Wildman–Crippen MR) is 75.5 cm³/mol. The van der Waals surface area contributed by atoms with E-state index in [0.717, 1.165) is 9.32 Å². The Morgan fingerprint density at radius 1 is 1.29 bits per heavy atom. The predicted octanol–water partition coefficient (Wildman–Crippen LogP) is 3.64. The molecule has 0 fully saturated rings. The fraction of sp³-hybridized carbons (Fsp3) is 0.0909. The summed E-state index contributed by atoms with van der Waals surface area (Å²) in [6.07, 6.45) is 1.59. The first-order valence-electron chi connectivity index (χ1n) is 4.69. The smallest absolute Gasteiger partial charge is 0.325 e. The second-order valence-corrected chi connectivity index (χ2v) is 5.06. The van der Waals surface area contributed by atoms with Crippen molar-refractivity contribution in [3.8, 4) is 17.6 Å². The normalized spacial score (nSPS) is 10.1. The molecule has 0 unspecified atom stereocenters. The molecule has 0 saturated carbocycles. The van der Waals surface area contributed by atoms with Gasteiger partial charge in [0.05, 0.1) is 21.3 Å². The minimum Gasteiger partial charge on any atom is -0.480 e. The molecule has 0 radical (unpaired) electrons. The third-order valence-corrected chi connectivity index (χ3v) is 3.36. The van der Waals surface area contributed by atoms with Gasteiger partial charge in [0.2, 0.25) is 5.88 Å². The summed E-state index contributed by atoms with van der Waals surface area (Å²) in [5.41, 5.74) is 0. The summed E-state index contributed by atoms with van der Waals surface area (Å²) in [6, 6.07) is 7.91. The number of halogens is 2. The zero-order valence-corrected chi connectivity index (χ0v) is 12.6. The number of nitrogens with zero attached hydrogens (tertiary/aromatic N) is 2. The van der Waals surface area contributed by atoms with Crippen LogP contribution in [0.15, 0.2) is 34.9 Å². The van der Waals surface area contributed by atoms with Gasteiger partial charge in [0.15, 0.2) is 0 Å². The van der Waals surface area contributed by atoms with Crippen molar-refractivity contribution in [3.05, 3.63) is 38.5 Å². The highest BCUT2D eigenvalue weighted by molar-refractivity contribution is 14.1. The lowest BCUT2D eigenvalue weighted by atomic mass is 10.3. The standard InChI is InChI=1S/C11H8BrIN2O2/c1-16-10-7(12)6-14-11(15-10)17-9-5-3-2-4-8(9)13/h2-6H,1H3. The Labute approximate surface area is 121 Å². The summed E-state index contributed by atoms with van der Waals surface area (Å²) in [4.78, 5) is 8.18. The van der Waals surface area contributed by atoms with Crippen molar-refractivity contribution in [2.45, 2.75) is 0 Å². The van der Waals surface area contributed by atoms with E-state index in [1.165, 1.54) is 0 Å². The summed E-state index contributed by atoms with van der Waals surface area (Å²) in [7, 11) is 1.54. The van der Waals surface area contributed by atoms with Crippen molar-refractivity contribution in [2.75, 3.05) is 7.11 Å². The molecule has 0 saturated heterocycles. The zero-order chi connectivity index (χ0) is 12.3. The van der Waals surface area contributed by atoms with Gasteiger partial charge in [-0.3, -0.25) is 0 Å². The molecule has 17 heavy (non-hydrogen) atoms. The molecule has 0 amide bonds. The highest BCUT2D eigenvalue weighted by Crippen LogP contribution is 2.27. The van der Waals surface area contributed by atoms with Crippen molar-refractivity contribution in [1.82, 2.24) is 9.97 Å². The number of rotatable bonds is 3. The van der Waals surface area contributed by atoms with E-state index in [0.29, 0.717) is 10.4 Å². The fourth-order valence-corrected chi connectivity index (χ4v) is 2.00. The van der Waals surface area contributed by atoms with Crippen LogP contribution in [0.2, 0.25) is 0 Å². The number of ether oxygens (including phenoxy) is 2. The average Bonchev–Trinajstić information content (AvgIpc) is 2.34. The van der Waals surface area contributed by atoms with Crippen LogP contribution >= 0.6 is 38.5 Å². The van der Waals surface area contributed by atoms with Crippen LogP contribution in [0.5, 0.6) is 17.6 Å². The average molecular weight is 407 g/mol. The summed E-state index contributed by atoms with van der Waals surface area (Å²) in [6.45, 7) is 0. The first kappa shape index (κ1) is 12.6. The molecule has 0 aliphatic rings. The van der Waals surface area contributed by atoms with E-state index in [9.17, 15) is 0 Å². The maximum atomic E-state index is 5.58. The summed E-state index contributed by atoms with van der Waals surface area (Å²) < 4.78 is 12.3. The molecule has 1 aromatic carbocycles. The second kappa shape index (κ2) is 5.63. The van der Waals surface area contributed by atoms with Crippen LogP contribution in [0.4, 0.5) is 0 Å². The van der Waals surface area contributed by atoms with Crippen molar-refractivity contribution >= 4 is 38.5 Å². The maximum absolute atomic E-state index is 5.58. The molecule has 0 aliphatic carbocycles. The van der Waals surface area contributed by atoms with Gasteiger partial charge in [0, 0.05) is 0 Å². The highest BCUT2D eigenvalue weighted by atomic mass is 127. The number of hydrogen-bond donors (Lipinski definition) is 0. The number of benzene rings is 1. The minimum absolute atomic E-state index is 0.258. The zero-order valence-electron chi connectivity index (χ0n) is 8.85. The molecule has 0 atom stereocenters. The van der Waals surface area contributed by atoms with E-state index >= 15 is 0 Å². The van der Waals surface area contributed by atoms with Gasteiger partial charge in [0.1, 0.15) is 5.75 Å². The Balaban J connectivity index is 2.28. The van der Waals surface area contributed by atoms with E-state index in [1.807, 2.05) is 24.3 Å². The number of hydrogen-bond acceptors (Lipinski definition) is 4. The molecular formula is C11H8BrIN2O2. The summed E-state index contributed by atoms with van der Waals surface area (Å²) in [5, 5.41) is 0. The van der Waals surface area contributed by atoms with Gasteiger partial charge in [-0.1, -0.05) is 12.1 Å². The molecule has 0 bridgehead atoms. The lowest BCUT2D eigenvalue weighted by Gasteiger charge is -2.07. The van der Waals surface area contributed by atoms with E-state index in [2.05, 4.69) is 48.5 Å². The van der Waals surface area contributed by atoms with Gasteiger partial charge >= 0.3 is 6.01 Å². The third-order valence-electron chi connectivity index (χ3n) is 1.92. The first-order valence-corrected chi connectivity index (χ1v) is 6.57. The van der Waals surface area contributed by atoms with Crippen LogP contribution in [0, 0.1) is 3.57 Å². The largest absolute Gasteiger partial charge is 0.480 e. The SMILES string of the molecule is COc1nc(Oc2ccccc2I)ncc1Br. The first-order chi connectivity index (χ1) is 8.20. The topological polar surface area (TPSA) is 44.2 Å². The molecule has 1 heterocycles. The van der Waals surface area contributed by atoms with Crippen LogP contribution in [-0.4, -0.2) is 17.1 Å². The van der Waals surface area contributed by atoms with Crippen molar-refractivity contribution in [1.29, 1.82) is 0 Å². The van der Waals surface area contributed by atoms with Crippen molar-refractivity contribution in [3.63, 3.8) is 0 Å². The highest BCUT2D eigenvalue weighted by Gasteiger charge is 2.08. The van der Waals surface area contributed by atoms with Crippen LogP contribution in [0.1, 0.15) is 0 Å². The maximum Gasteiger partial charge on any atom is 0.325 e. The lowest BCUT2D eigenvalue weighted by molar-refractivity contribution is 0.373. The quantitative estimate of drug-likeness (QED) is 0.730. The van der Waals surface area contributed by atoms with E-state index in [1.54, 1.807) is 13.3 Å². The van der Waals surface area contributed by atoms with Gasteiger partial charge in [-0.2, -0.15) is 4.98 Å². The van der Waals surface area contributed by atoms with Gasteiger partial charge in [0.25, 0.3) is 0 Å². The molecule has 0 spiro atoms. The molecule has 0 aliphatic heterocycles. The molecule has 2 rings (SSSR count). The lowest BCUT2D eigenvalue weighted by Crippen LogP contribution is -1.96. The molecule has 4 nitrogen and oxygen atoms in total. The molecule has 0 N–H and O–H groups in total. The third kappa shape index (κ3) is 3.06. The Hall–Kier alpha value is -0.890. The summed E-state index contributed by atoms with van der Waals surface area (Å²) >= 11 is 5.47. The van der Waals surface area contributed by atoms with Crippen molar-refractivity contribution in [2.24, 2.45) is 0 Å². The van der Waals surface area contributed by atoms with Crippen LogP contribution in [0.3, 0.4) is 0 Å².